The van der Waals surface area contributed by atoms with Crippen molar-refractivity contribution in [2.75, 3.05) is 16.4 Å². The van der Waals surface area contributed by atoms with Crippen LogP contribution in [0.5, 0.6) is 0 Å². The fraction of sp³-hybridized carbons (Fsp3) is 0.0909. The van der Waals surface area contributed by atoms with Gasteiger partial charge in [-0.1, -0.05) is 18.2 Å². The molecule has 0 radical (unpaired) electrons. The number of rotatable bonds is 6. The molecule has 0 heterocycles. The van der Waals surface area contributed by atoms with Crippen molar-refractivity contribution in [1.82, 2.24) is 0 Å². The van der Waals surface area contributed by atoms with Gasteiger partial charge in [0.25, 0.3) is 5.91 Å². The Morgan fingerprint density at radius 3 is 2.29 bits per heavy atom. The Kier molecular flexibility index (Phi) is 6.96. The van der Waals surface area contributed by atoms with Crippen LogP contribution in [-0.4, -0.2) is 17.6 Å². The molecule has 2 N–H and O–H groups in total. The summed E-state index contributed by atoms with van der Waals surface area (Å²) >= 11 is 1.11. The zero-order valence-corrected chi connectivity index (χ0v) is 16.7. The van der Waals surface area contributed by atoms with E-state index in [0.717, 1.165) is 17.8 Å². The van der Waals surface area contributed by atoms with Crippen molar-refractivity contribution in [2.45, 2.75) is 11.1 Å². The van der Waals surface area contributed by atoms with Gasteiger partial charge in [0.1, 0.15) is 5.82 Å². The third kappa shape index (κ3) is 6.32. The molecule has 4 nitrogen and oxygen atoms in total. The van der Waals surface area contributed by atoms with Gasteiger partial charge in [-0.3, -0.25) is 9.59 Å². The lowest BCUT2D eigenvalue weighted by Gasteiger charge is -2.13. The summed E-state index contributed by atoms with van der Waals surface area (Å²) in [5.74, 6) is -1.60. The van der Waals surface area contributed by atoms with Crippen molar-refractivity contribution in [3.63, 3.8) is 0 Å². The fourth-order valence-corrected chi connectivity index (χ4v) is 3.40. The van der Waals surface area contributed by atoms with Crippen molar-refractivity contribution in [1.29, 1.82) is 0 Å². The molecule has 0 bridgehead atoms. The highest BCUT2D eigenvalue weighted by Crippen LogP contribution is 2.34. The van der Waals surface area contributed by atoms with Crippen LogP contribution in [0.15, 0.2) is 77.7 Å². The number of benzene rings is 3. The van der Waals surface area contributed by atoms with Crippen molar-refractivity contribution < 1.29 is 27.2 Å². The van der Waals surface area contributed by atoms with E-state index < -0.39 is 29.4 Å². The van der Waals surface area contributed by atoms with Crippen LogP contribution >= 0.6 is 11.8 Å². The second kappa shape index (κ2) is 9.65. The Morgan fingerprint density at radius 2 is 1.58 bits per heavy atom. The van der Waals surface area contributed by atoms with Crippen LogP contribution in [0.1, 0.15) is 15.9 Å². The Balaban J connectivity index is 1.60. The summed E-state index contributed by atoms with van der Waals surface area (Å²) < 4.78 is 52.1. The summed E-state index contributed by atoms with van der Waals surface area (Å²) in [4.78, 5) is 25.0. The van der Waals surface area contributed by atoms with E-state index >= 15 is 0 Å². The molecule has 31 heavy (non-hydrogen) atoms. The van der Waals surface area contributed by atoms with Crippen LogP contribution in [-0.2, 0) is 11.0 Å². The highest BCUT2D eigenvalue weighted by Gasteiger charge is 2.33. The third-order valence-corrected chi connectivity index (χ3v) is 5.07. The average Bonchev–Trinajstić information content (AvgIpc) is 2.72. The molecule has 0 atom stereocenters. The van der Waals surface area contributed by atoms with E-state index in [0.29, 0.717) is 10.6 Å². The minimum atomic E-state index is -4.58. The topological polar surface area (TPSA) is 58.2 Å². The molecule has 0 aromatic heterocycles. The maximum Gasteiger partial charge on any atom is 0.418 e. The van der Waals surface area contributed by atoms with E-state index in [1.807, 2.05) is 0 Å². The second-order valence-corrected chi connectivity index (χ2v) is 7.42. The first kappa shape index (κ1) is 22.4. The lowest BCUT2D eigenvalue weighted by Crippen LogP contribution is -2.18. The predicted molar refractivity (Wildman–Crippen MR) is 112 cm³/mol. The van der Waals surface area contributed by atoms with Gasteiger partial charge in [0.15, 0.2) is 0 Å². The monoisotopic (exact) mass is 448 g/mol. The highest BCUT2D eigenvalue weighted by atomic mass is 32.2. The third-order valence-electron chi connectivity index (χ3n) is 4.07. The molecule has 0 saturated heterocycles. The minimum absolute atomic E-state index is 0.123. The van der Waals surface area contributed by atoms with Crippen LogP contribution in [0.4, 0.5) is 28.9 Å². The molecule has 160 valence electrons. The van der Waals surface area contributed by atoms with Crippen molar-refractivity contribution in [2.24, 2.45) is 0 Å². The molecule has 9 heteroatoms. The largest absolute Gasteiger partial charge is 0.418 e. The molecule has 0 aliphatic heterocycles. The Hall–Kier alpha value is -3.33. The Bertz CT molecular complexity index is 1090. The van der Waals surface area contributed by atoms with E-state index in [1.165, 1.54) is 42.5 Å². The van der Waals surface area contributed by atoms with Gasteiger partial charge >= 0.3 is 6.18 Å². The lowest BCUT2D eigenvalue weighted by atomic mass is 10.1. The zero-order chi connectivity index (χ0) is 22.4. The number of thioether (sulfide) groups is 1. The number of hydrogen-bond donors (Lipinski definition) is 2. The smallest absolute Gasteiger partial charge is 0.325 e. The molecule has 3 aromatic rings. The molecule has 0 aliphatic rings. The molecular formula is C22H16F4N2O2S. The number of carbonyl (C=O) groups is 2. The van der Waals surface area contributed by atoms with Crippen LogP contribution in [0.2, 0.25) is 0 Å². The predicted octanol–water partition coefficient (Wildman–Crippen LogP) is 5.83. The first-order valence-electron chi connectivity index (χ1n) is 8.98. The molecule has 0 unspecified atom stereocenters. The van der Waals surface area contributed by atoms with Gasteiger partial charge in [-0.05, 0) is 54.6 Å². The van der Waals surface area contributed by atoms with E-state index in [-0.39, 0.29) is 17.0 Å². The van der Waals surface area contributed by atoms with Gasteiger partial charge in [-0.2, -0.15) is 13.2 Å². The number of amides is 2. The zero-order valence-electron chi connectivity index (χ0n) is 15.9. The summed E-state index contributed by atoms with van der Waals surface area (Å²) in [6, 6.07) is 16.5. The fourth-order valence-electron chi connectivity index (χ4n) is 2.64. The highest BCUT2D eigenvalue weighted by molar-refractivity contribution is 8.00. The van der Waals surface area contributed by atoms with Crippen molar-refractivity contribution >= 4 is 35.0 Å². The van der Waals surface area contributed by atoms with Gasteiger partial charge in [-0.15, -0.1) is 11.8 Å². The first-order chi connectivity index (χ1) is 14.7. The number of carbonyl (C=O) groups excluding carboxylic acids is 2. The van der Waals surface area contributed by atoms with Gasteiger partial charge in [0, 0.05) is 16.1 Å². The Morgan fingerprint density at radius 1 is 0.871 bits per heavy atom. The number of nitrogens with one attached hydrogen (secondary N) is 2. The molecule has 3 aromatic carbocycles. The van der Waals surface area contributed by atoms with Crippen LogP contribution in [0, 0.1) is 5.82 Å². The van der Waals surface area contributed by atoms with E-state index in [9.17, 15) is 27.2 Å². The molecular weight excluding hydrogens is 432 g/mol. The maximum absolute atomic E-state index is 13.0. The van der Waals surface area contributed by atoms with Crippen LogP contribution in [0.3, 0.4) is 0 Å². The number of anilines is 2. The van der Waals surface area contributed by atoms with Gasteiger partial charge < -0.3 is 10.6 Å². The first-order valence-corrected chi connectivity index (χ1v) is 9.97. The lowest BCUT2D eigenvalue weighted by molar-refractivity contribution is -0.137. The molecule has 0 aliphatic carbocycles. The van der Waals surface area contributed by atoms with E-state index in [2.05, 4.69) is 10.6 Å². The summed E-state index contributed by atoms with van der Waals surface area (Å²) in [6.45, 7) is 0. The van der Waals surface area contributed by atoms with Crippen LogP contribution in [0.25, 0.3) is 0 Å². The number of halogens is 4. The number of alkyl halides is 3. The quantitative estimate of drug-likeness (QED) is 0.369. The number of para-hydroxylation sites is 1. The van der Waals surface area contributed by atoms with Gasteiger partial charge in [0.2, 0.25) is 5.91 Å². The summed E-state index contributed by atoms with van der Waals surface area (Å²) in [5.41, 5.74) is -0.482. The average molecular weight is 448 g/mol. The molecule has 0 saturated carbocycles. The van der Waals surface area contributed by atoms with Crippen molar-refractivity contribution in [3.05, 3.63) is 89.7 Å². The normalized spacial score (nSPS) is 11.1. The molecule has 0 spiro atoms. The SMILES string of the molecule is O=C(CSc1cccc(NC(=O)c2ccc(F)cc2)c1)Nc1ccccc1C(F)(F)F. The maximum atomic E-state index is 13.0. The van der Waals surface area contributed by atoms with Crippen molar-refractivity contribution in [3.8, 4) is 0 Å². The van der Waals surface area contributed by atoms with Gasteiger partial charge in [-0.25, -0.2) is 4.39 Å². The minimum Gasteiger partial charge on any atom is -0.325 e. The number of hydrogen-bond acceptors (Lipinski definition) is 3. The molecule has 0 fully saturated rings. The second-order valence-electron chi connectivity index (χ2n) is 6.37. The van der Waals surface area contributed by atoms with E-state index in [4.69, 9.17) is 0 Å². The van der Waals surface area contributed by atoms with Crippen LogP contribution < -0.4 is 10.6 Å². The Labute approximate surface area is 179 Å². The summed E-state index contributed by atoms with van der Waals surface area (Å²) in [6.07, 6.45) is -4.58. The van der Waals surface area contributed by atoms with Gasteiger partial charge in [0.05, 0.1) is 17.0 Å². The molecule has 2 amide bonds. The van der Waals surface area contributed by atoms with E-state index in [1.54, 1.807) is 24.3 Å². The molecule has 3 rings (SSSR count). The summed E-state index contributed by atoms with van der Waals surface area (Å²) in [7, 11) is 0. The summed E-state index contributed by atoms with van der Waals surface area (Å²) in [5, 5.41) is 4.95. The standard InChI is InChI=1S/C22H16F4N2O2S/c23-15-10-8-14(9-11-15)21(30)27-16-4-3-5-17(12-16)31-13-20(29)28-19-7-2-1-6-18(19)22(24,25)26/h1-12H,13H2,(H,27,30)(H,28,29).